The molecule has 0 aliphatic heterocycles. The molecule has 1 aromatic heterocycles. The third-order valence-corrected chi connectivity index (χ3v) is 2.74. The van der Waals surface area contributed by atoms with E-state index >= 15 is 0 Å². The summed E-state index contributed by atoms with van der Waals surface area (Å²) >= 11 is 0. The van der Waals surface area contributed by atoms with Crippen molar-refractivity contribution in [2.45, 2.75) is 6.10 Å². The lowest BCUT2D eigenvalue weighted by Gasteiger charge is -2.13. The number of imidazole rings is 1. The minimum Gasteiger partial charge on any atom is -0.467 e. The van der Waals surface area contributed by atoms with Crippen molar-refractivity contribution in [2.24, 2.45) is 7.05 Å². The Kier molecular flexibility index (Phi) is 3.43. The van der Waals surface area contributed by atoms with E-state index in [-0.39, 0.29) is 0 Å². The molecule has 1 heterocycles. The molecule has 1 unspecified atom stereocenters. The van der Waals surface area contributed by atoms with Crippen molar-refractivity contribution in [2.75, 3.05) is 7.11 Å². The lowest BCUT2D eigenvalue weighted by atomic mass is 10.0. The lowest BCUT2D eigenvalue weighted by molar-refractivity contribution is -0.150. The van der Waals surface area contributed by atoms with Crippen molar-refractivity contribution in [1.82, 2.24) is 9.55 Å². The van der Waals surface area contributed by atoms with Crippen LogP contribution in [-0.4, -0.2) is 27.7 Å². The molecule has 0 radical (unpaired) electrons. The molecule has 0 saturated heterocycles. The average Bonchev–Trinajstić information content (AvgIpc) is 2.83. The van der Waals surface area contributed by atoms with Crippen LogP contribution >= 0.6 is 0 Å². The standard InChI is InChI=1S/C13H14N2O3/c1-15-8-7-14-12(15)10-6-4-3-5-9(10)11(16)13(17)18-2/h3-8,11,16H,1-2H3. The quantitative estimate of drug-likeness (QED) is 0.829. The zero-order valence-electron chi connectivity index (χ0n) is 10.2. The molecule has 0 bridgehead atoms. The number of aliphatic hydroxyl groups excluding tert-OH is 1. The molecule has 0 aliphatic carbocycles. The van der Waals surface area contributed by atoms with Crippen LogP contribution in [0.25, 0.3) is 11.4 Å². The van der Waals surface area contributed by atoms with Crippen LogP contribution in [-0.2, 0) is 16.6 Å². The van der Waals surface area contributed by atoms with Crippen LogP contribution in [0.2, 0.25) is 0 Å². The highest BCUT2D eigenvalue weighted by molar-refractivity contribution is 5.79. The zero-order valence-corrected chi connectivity index (χ0v) is 10.2. The van der Waals surface area contributed by atoms with Gasteiger partial charge in [-0.15, -0.1) is 0 Å². The van der Waals surface area contributed by atoms with Gasteiger partial charge in [-0.3, -0.25) is 0 Å². The second-order valence-corrected chi connectivity index (χ2v) is 3.87. The van der Waals surface area contributed by atoms with E-state index in [0.717, 1.165) is 0 Å². The van der Waals surface area contributed by atoms with E-state index in [4.69, 9.17) is 0 Å². The van der Waals surface area contributed by atoms with Crippen molar-refractivity contribution in [3.05, 3.63) is 42.2 Å². The van der Waals surface area contributed by atoms with E-state index in [1.54, 1.807) is 24.5 Å². The number of ether oxygens (including phenoxy) is 1. The van der Waals surface area contributed by atoms with E-state index in [0.29, 0.717) is 17.0 Å². The summed E-state index contributed by atoms with van der Waals surface area (Å²) in [5.74, 6) is 0.00483. The highest BCUT2D eigenvalue weighted by Crippen LogP contribution is 2.27. The van der Waals surface area contributed by atoms with E-state index in [1.807, 2.05) is 23.7 Å². The molecule has 2 rings (SSSR count). The Balaban J connectivity index is 2.50. The van der Waals surface area contributed by atoms with Gasteiger partial charge in [0.25, 0.3) is 0 Å². The summed E-state index contributed by atoms with van der Waals surface area (Å²) in [6.45, 7) is 0. The van der Waals surface area contributed by atoms with Gasteiger partial charge in [0.15, 0.2) is 6.10 Å². The Labute approximate surface area is 105 Å². The number of aromatic nitrogens is 2. The fourth-order valence-electron chi connectivity index (χ4n) is 1.80. The first-order valence-electron chi connectivity index (χ1n) is 5.47. The van der Waals surface area contributed by atoms with Crippen molar-refractivity contribution < 1.29 is 14.6 Å². The van der Waals surface area contributed by atoms with Gasteiger partial charge in [0.05, 0.1) is 7.11 Å². The smallest absolute Gasteiger partial charge is 0.339 e. The Bertz CT molecular complexity index is 563. The maximum Gasteiger partial charge on any atom is 0.339 e. The molecule has 0 amide bonds. The van der Waals surface area contributed by atoms with Crippen molar-refractivity contribution in [1.29, 1.82) is 0 Å². The first-order chi connectivity index (χ1) is 8.65. The highest BCUT2D eigenvalue weighted by atomic mass is 16.5. The van der Waals surface area contributed by atoms with Crippen molar-refractivity contribution >= 4 is 5.97 Å². The topological polar surface area (TPSA) is 64.3 Å². The van der Waals surface area contributed by atoms with Crippen LogP contribution in [0.1, 0.15) is 11.7 Å². The van der Waals surface area contributed by atoms with Gasteiger partial charge >= 0.3 is 5.97 Å². The van der Waals surface area contributed by atoms with Crippen LogP contribution in [0, 0.1) is 0 Å². The molecule has 1 atom stereocenters. The molecular formula is C13H14N2O3. The SMILES string of the molecule is COC(=O)C(O)c1ccccc1-c1nccn1C. The number of benzene rings is 1. The van der Waals surface area contributed by atoms with Gasteiger partial charge in [-0.05, 0) is 0 Å². The van der Waals surface area contributed by atoms with Gasteiger partial charge in [0, 0.05) is 30.6 Å². The number of aliphatic hydroxyl groups is 1. The third-order valence-electron chi connectivity index (χ3n) is 2.74. The molecule has 0 aliphatic rings. The predicted octanol–water partition coefficient (Wildman–Crippen LogP) is 1.29. The van der Waals surface area contributed by atoms with Crippen molar-refractivity contribution in [3.8, 4) is 11.4 Å². The molecule has 1 aromatic carbocycles. The number of methoxy groups -OCH3 is 1. The summed E-state index contributed by atoms with van der Waals surface area (Å²) in [6, 6.07) is 7.08. The van der Waals surface area contributed by atoms with E-state index in [9.17, 15) is 9.90 Å². The number of carbonyl (C=O) groups is 1. The fraction of sp³-hybridized carbons (Fsp3) is 0.231. The normalized spacial score (nSPS) is 12.2. The number of nitrogens with zero attached hydrogens (tertiary/aromatic N) is 2. The minimum absolute atomic E-state index is 0.485. The monoisotopic (exact) mass is 246 g/mol. The van der Waals surface area contributed by atoms with Gasteiger partial charge < -0.3 is 14.4 Å². The van der Waals surface area contributed by atoms with Crippen LogP contribution in [0.4, 0.5) is 0 Å². The number of hydrogen-bond donors (Lipinski definition) is 1. The Morgan fingerprint density at radius 1 is 1.44 bits per heavy atom. The predicted molar refractivity (Wildman–Crippen MR) is 65.6 cm³/mol. The summed E-state index contributed by atoms with van der Waals surface area (Å²) in [4.78, 5) is 15.6. The molecule has 5 nitrogen and oxygen atoms in total. The first kappa shape index (κ1) is 12.3. The summed E-state index contributed by atoms with van der Waals surface area (Å²) in [6.07, 6.45) is 2.16. The molecular weight excluding hydrogens is 232 g/mol. The minimum atomic E-state index is -1.30. The first-order valence-corrected chi connectivity index (χ1v) is 5.47. The van der Waals surface area contributed by atoms with Crippen LogP contribution < -0.4 is 0 Å². The van der Waals surface area contributed by atoms with Crippen molar-refractivity contribution in [3.63, 3.8) is 0 Å². The lowest BCUT2D eigenvalue weighted by Crippen LogP contribution is -2.14. The Morgan fingerprint density at radius 3 is 2.78 bits per heavy atom. The van der Waals surface area contributed by atoms with Gasteiger partial charge in [-0.25, -0.2) is 9.78 Å². The number of aryl methyl sites for hydroxylation is 1. The molecule has 0 spiro atoms. The zero-order chi connectivity index (χ0) is 13.1. The van der Waals surface area contributed by atoms with Crippen LogP contribution in [0.3, 0.4) is 0 Å². The van der Waals surface area contributed by atoms with Gasteiger partial charge in [0.2, 0.25) is 0 Å². The molecule has 2 aromatic rings. The average molecular weight is 246 g/mol. The number of hydrogen-bond acceptors (Lipinski definition) is 4. The molecule has 5 heteroatoms. The number of carbonyl (C=O) groups excluding carboxylic acids is 1. The fourth-order valence-corrected chi connectivity index (χ4v) is 1.80. The molecule has 0 fully saturated rings. The highest BCUT2D eigenvalue weighted by Gasteiger charge is 2.22. The largest absolute Gasteiger partial charge is 0.467 e. The van der Waals surface area contributed by atoms with E-state index in [2.05, 4.69) is 9.72 Å². The molecule has 0 saturated carbocycles. The molecule has 94 valence electrons. The third kappa shape index (κ3) is 2.12. The van der Waals surface area contributed by atoms with E-state index < -0.39 is 12.1 Å². The summed E-state index contributed by atoms with van der Waals surface area (Å²) < 4.78 is 6.38. The Hall–Kier alpha value is -2.14. The second kappa shape index (κ2) is 5.01. The second-order valence-electron chi connectivity index (χ2n) is 3.87. The van der Waals surface area contributed by atoms with Gasteiger partial charge in [-0.1, -0.05) is 24.3 Å². The summed E-state index contributed by atoms with van der Waals surface area (Å²) in [7, 11) is 3.10. The number of rotatable bonds is 3. The maximum absolute atomic E-state index is 11.4. The molecule has 18 heavy (non-hydrogen) atoms. The summed E-state index contributed by atoms with van der Waals surface area (Å²) in [5, 5.41) is 9.95. The van der Waals surface area contributed by atoms with Crippen LogP contribution in [0.5, 0.6) is 0 Å². The van der Waals surface area contributed by atoms with Gasteiger partial charge in [0.1, 0.15) is 5.82 Å². The number of esters is 1. The summed E-state index contributed by atoms with van der Waals surface area (Å²) in [5.41, 5.74) is 1.20. The van der Waals surface area contributed by atoms with Crippen LogP contribution in [0.15, 0.2) is 36.7 Å². The van der Waals surface area contributed by atoms with Gasteiger partial charge in [-0.2, -0.15) is 0 Å². The Morgan fingerprint density at radius 2 is 2.17 bits per heavy atom. The van der Waals surface area contributed by atoms with E-state index in [1.165, 1.54) is 7.11 Å². The maximum atomic E-state index is 11.4. The molecule has 1 N–H and O–H groups in total.